The third kappa shape index (κ3) is 2.52. The minimum Gasteiger partial charge on any atom is -0.354 e. The van der Waals surface area contributed by atoms with Gasteiger partial charge in [0.05, 0.1) is 16.6 Å². The fraction of sp³-hybridized carbons (Fsp3) is 0.200. The Morgan fingerprint density at radius 3 is 2.00 bits per heavy atom. The van der Waals surface area contributed by atoms with Gasteiger partial charge in [-0.15, -0.1) is 0 Å². The molecule has 0 saturated carbocycles. The fourth-order valence-corrected chi connectivity index (χ4v) is 4.38. The van der Waals surface area contributed by atoms with E-state index in [9.17, 15) is 9.59 Å². The van der Waals surface area contributed by atoms with Gasteiger partial charge >= 0.3 is 0 Å². The quantitative estimate of drug-likeness (QED) is 0.398. The molecule has 3 aromatic carbocycles. The maximum absolute atomic E-state index is 13.3. The molecule has 4 heteroatoms. The Kier molecular flexibility index (Phi) is 3.69. The Morgan fingerprint density at radius 2 is 1.28 bits per heavy atom. The van der Waals surface area contributed by atoms with Crippen LogP contribution in [0.4, 0.5) is 0 Å². The van der Waals surface area contributed by atoms with Crippen LogP contribution in [-0.4, -0.2) is 9.55 Å². The SMILES string of the molecule is Cc1ccc2[nH]c3cc4c(=O)c5cc(C)ccc5n(C(C)C)c4cc3c(=O)c2c1. The number of fused-ring (bicyclic) bond motifs is 4. The second kappa shape index (κ2) is 6.05. The van der Waals surface area contributed by atoms with Crippen molar-refractivity contribution in [3.63, 3.8) is 0 Å². The van der Waals surface area contributed by atoms with Gasteiger partial charge in [0.25, 0.3) is 0 Å². The summed E-state index contributed by atoms with van der Waals surface area (Å²) in [4.78, 5) is 30.0. The van der Waals surface area contributed by atoms with E-state index in [1.165, 1.54) is 0 Å². The zero-order valence-electron chi connectivity index (χ0n) is 17.0. The number of rotatable bonds is 1. The van der Waals surface area contributed by atoms with Crippen LogP contribution in [-0.2, 0) is 0 Å². The van der Waals surface area contributed by atoms with Crippen LogP contribution < -0.4 is 10.9 Å². The van der Waals surface area contributed by atoms with Crippen LogP contribution >= 0.6 is 0 Å². The molecule has 0 radical (unpaired) electrons. The van der Waals surface area contributed by atoms with E-state index in [4.69, 9.17) is 0 Å². The molecule has 0 aliphatic heterocycles. The Bertz CT molecular complexity index is 1590. The molecule has 1 N–H and O–H groups in total. The standard InChI is InChI=1S/C25H22N2O2/c1-13(2)27-22-8-6-15(4)10-18(22)25(29)19-11-21-17(12-23(19)27)24(28)16-9-14(3)5-7-20(16)26-21/h5-13H,1-4H3,(H,26,28). The zero-order valence-corrected chi connectivity index (χ0v) is 17.0. The van der Waals surface area contributed by atoms with Crippen molar-refractivity contribution < 1.29 is 0 Å². The van der Waals surface area contributed by atoms with Crippen molar-refractivity contribution in [1.29, 1.82) is 0 Å². The Morgan fingerprint density at radius 1 is 0.690 bits per heavy atom. The Labute approximate surface area is 167 Å². The average molecular weight is 382 g/mol. The predicted octanol–water partition coefficient (Wildman–Crippen LogP) is 5.35. The molecule has 2 aromatic heterocycles. The summed E-state index contributed by atoms with van der Waals surface area (Å²) in [5.41, 5.74) is 5.27. The fourth-order valence-electron chi connectivity index (χ4n) is 4.38. The number of hydrogen-bond donors (Lipinski definition) is 1. The molecule has 5 aromatic rings. The van der Waals surface area contributed by atoms with Gasteiger partial charge in [-0.1, -0.05) is 23.3 Å². The summed E-state index contributed by atoms with van der Waals surface area (Å²) < 4.78 is 2.16. The van der Waals surface area contributed by atoms with E-state index in [-0.39, 0.29) is 16.9 Å². The van der Waals surface area contributed by atoms with Crippen molar-refractivity contribution in [2.24, 2.45) is 0 Å². The average Bonchev–Trinajstić information content (AvgIpc) is 2.68. The van der Waals surface area contributed by atoms with Gasteiger partial charge in [-0.05, 0) is 64.1 Å². The summed E-state index contributed by atoms with van der Waals surface area (Å²) in [6.07, 6.45) is 0. The van der Waals surface area contributed by atoms with Gasteiger partial charge in [-0.2, -0.15) is 0 Å². The van der Waals surface area contributed by atoms with Gasteiger partial charge in [0, 0.05) is 33.1 Å². The van der Waals surface area contributed by atoms with Gasteiger partial charge in [0.2, 0.25) is 0 Å². The highest BCUT2D eigenvalue weighted by Gasteiger charge is 2.16. The van der Waals surface area contributed by atoms with E-state index in [1.54, 1.807) is 0 Å². The third-order valence-corrected chi connectivity index (χ3v) is 5.75. The van der Waals surface area contributed by atoms with Crippen LogP contribution in [0.2, 0.25) is 0 Å². The van der Waals surface area contributed by atoms with E-state index in [0.717, 1.165) is 27.7 Å². The molecule has 0 atom stereocenters. The molecule has 0 aliphatic rings. The van der Waals surface area contributed by atoms with E-state index >= 15 is 0 Å². The van der Waals surface area contributed by atoms with Crippen LogP contribution in [0.25, 0.3) is 43.6 Å². The second-order valence-electron chi connectivity index (χ2n) is 8.23. The van der Waals surface area contributed by atoms with E-state index in [2.05, 4.69) is 23.4 Å². The number of pyridine rings is 2. The third-order valence-electron chi connectivity index (χ3n) is 5.75. The van der Waals surface area contributed by atoms with Crippen molar-refractivity contribution in [2.45, 2.75) is 33.7 Å². The lowest BCUT2D eigenvalue weighted by atomic mass is 10.0. The topological polar surface area (TPSA) is 54.9 Å². The lowest BCUT2D eigenvalue weighted by Gasteiger charge is -2.19. The summed E-state index contributed by atoms with van der Waals surface area (Å²) in [5.74, 6) is 0. The van der Waals surface area contributed by atoms with Gasteiger partial charge < -0.3 is 9.55 Å². The maximum Gasteiger partial charge on any atom is 0.197 e. The van der Waals surface area contributed by atoms with Crippen LogP contribution in [0.1, 0.15) is 31.0 Å². The van der Waals surface area contributed by atoms with Crippen molar-refractivity contribution in [2.75, 3.05) is 0 Å². The lowest BCUT2D eigenvalue weighted by Crippen LogP contribution is -2.14. The molecule has 0 amide bonds. The number of nitrogens with one attached hydrogen (secondary N) is 1. The molecule has 4 nitrogen and oxygen atoms in total. The first-order valence-corrected chi connectivity index (χ1v) is 9.90. The molecular weight excluding hydrogens is 360 g/mol. The summed E-state index contributed by atoms with van der Waals surface area (Å²) in [6.45, 7) is 8.17. The molecule has 0 saturated heterocycles. The van der Waals surface area contributed by atoms with Crippen LogP contribution in [0.3, 0.4) is 0 Å². The summed E-state index contributed by atoms with van der Waals surface area (Å²) in [5, 5.41) is 2.62. The smallest absolute Gasteiger partial charge is 0.197 e. The largest absolute Gasteiger partial charge is 0.354 e. The highest BCUT2D eigenvalue weighted by atomic mass is 16.1. The van der Waals surface area contributed by atoms with Crippen molar-refractivity contribution in [1.82, 2.24) is 9.55 Å². The molecule has 0 bridgehead atoms. The molecule has 0 aliphatic carbocycles. The first kappa shape index (κ1) is 17.7. The van der Waals surface area contributed by atoms with Crippen LogP contribution in [0, 0.1) is 13.8 Å². The highest BCUT2D eigenvalue weighted by Crippen LogP contribution is 2.27. The number of hydrogen-bond acceptors (Lipinski definition) is 2. The number of nitrogens with zero attached hydrogens (tertiary/aromatic N) is 1. The van der Waals surface area contributed by atoms with E-state index < -0.39 is 0 Å². The van der Waals surface area contributed by atoms with E-state index in [1.807, 2.05) is 62.4 Å². The zero-order chi connectivity index (χ0) is 20.4. The molecule has 0 unspecified atom stereocenters. The molecule has 5 rings (SSSR count). The Hall–Kier alpha value is -3.40. The Balaban J connectivity index is 2.06. The molecule has 144 valence electrons. The number of H-pyrrole nitrogens is 1. The summed E-state index contributed by atoms with van der Waals surface area (Å²) in [6, 6.07) is 15.7. The van der Waals surface area contributed by atoms with Crippen LogP contribution in [0.5, 0.6) is 0 Å². The molecule has 2 heterocycles. The minimum absolute atomic E-state index is 0.00218. The second-order valence-corrected chi connectivity index (χ2v) is 8.23. The van der Waals surface area contributed by atoms with Crippen molar-refractivity contribution in [3.05, 3.63) is 80.1 Å². The van der Waals surface area contributed by atoms with Gasteiger partial charge in [-0.3, -0.25) is 9.59 Å². The summed E-state index contributed by atoms with van der Waals surface area (Å²) in [7, 11) is 0. The number of aryl methyl sites for hydroxylation is 2. The number of benzene rings is 3. The molecule has 0 spiro atoms. The highest BCUT2D eigenvalue weighted by molar-refractivity contribution is 6.03. The van der Waals surface area contributed by atoms with Gasteiger partial charge in [-0.25, -0.2) is 0 Å². The normalized spacial score (nSPS) is 12.0. The van der Waals surface area contributed by atoms with Crippen LogP contribution in [0.15, 0.2) is 58.1 Å². The monoisotopic (exact) mass is 382 g/mol. The predicted molar refractivity (Wildman–Crippen MR) is 121 cm³/mol. The van der Waals surface area contributed by atoms with Crippen molar-refractivity contribution >= 4 is 43.6 Å². The maximum atomic E-state index is 13.3. The van der Waals surface area contributed by atoms with Crippen molar-refractivity contribution in [3.8, 4) is 0 Å². The van der Waals surface area contributed by atoms with Gasteiger partial charge in [0.1, 0.15) is 0 Å². The lowest BCUT2D eigenvalue weighted by molar-refractivity contribution is 0.639. The molecule has 29 heavy (non-hydrogen) atoms. The molecular formula is C25H22N2O2. The van der Waals surface area contributed by atoms with Gasteiger partial charge in [0.15, 0.2) is 10.9 Å². The first-order valence-electron chi connectivity index (χ1n) is 9.90. The van der Waals surface area contributed by atoms with E-state index in [0.29, 0.717) is 27.1 Å². The number of aromatic amines is 1. The molecule has 0 fully saturated rings. The minimum atomic E-state index is -0.00823. The summed E-state index contributed by atoms with van der Waals surface area (Å²) >= 11 is 0. The number of aromatic nitrogens is 2. The first-order chi connectivity index (χ1) is 13.8.